The molecule has 0 aliphatic carbocycles. The zero-order chi connectivity index (χ0) is 9.14. The minimum Gasteiger partial charge on any atom is -0.268 e. The highest BCUT2D eigenvalue weighted by Crippen LogP contribution is 2.11. The summed E-state index contributed by atoms with van der Waals surface area (Å²) in [4.78, 5) is 12.6. The molecule has 0 unspecified atom stereocenters. The number of aromatic nitrogens is 1. The summed E-state index contributed by atoms with van der Waals surface area (Å²) in [5, 5.41) is 0. The Kier molecular flexibility index (Phi) is 2.87. The molecule has 3 heteroatoms. The van der Waals surface area contributed by atoms with E-state index in [1.807, 2.05) is 32.9 Å². The van der Waals surface area contributed by atoms with Gasteiger partial charge in [-0.05, 0) is 20.8 Å². The smallest absolute Gasteiger partial charge is 0.268 e. The van der Waals surface area contributed by atoms with Crippen LogP contribution in [0.2, 0.25) is 0 Å². The minimum absolute atomic E-state index is 0.137. The fourth-order valence-electron chi connectivity index (χ4n) is 1.10. The number of hydrogen-bond acceptors (Lipinski definition) is 2. The van der Waals surface area contributed by atoms with Crippen molar-refractivity contribution in [2.75, 3.05) is 0 Å². The molecule has 0 spiro atoms. The molecule has 2 nitrogen and oxygen atoms in total. The molecule has 0 bridgehead atoms. The van der Waals surface area contributed by atoms with Crippen LogP contribution in [-0.2, 0) is 6.54 Å². The van der Waals surface area contributed by atoms with Gasteiger partial charge in [0.05, 0.1) is 5.56 Å². The molecule has 0 radical (unpaired) electrons. The third-order valence-corrected chi connectivity index (χ3v) is 2.84. The Hall–Kier alpha value is -0.830. The molecule has 0 saturated heterocycles. The average Bonchev–Trinajstić information content (AvgIpc) is 2.32. The molecule has 0 fully saturated rings. The molecule has 66 valence electrons. The zero-order valence-corrected chi connectivity index (χ0v) is 8.44. The SMILES string of the molecule is C/C=C\c1c(C)sn(CC)c1=O. The molecule has 0 aliphatic rings. The van der Waals surface area contributed by atoms with Crippen molar-refractivity contribution in [2.24, 2.45) is 0 Å². The van der Waals surface area contributed by atoms with Crippen LogP contribution in [0, 0.1) is 6.92 Å². The highest BCUT2D eigenvalue weighted by molar-refractivity contribution is 7.06. The third kappa shape index (κ3) is 1.50. The van der Waals surface area contributed by atoms with Crippen molar-refractivity contribution < 1.29 is 0 Å². The molecule has 1 aromatic heterocycles. The van der Waals surface area contributed by atoms with Crippen molar-refractivity contribution in [3.05, 3.63) is 26.9 Å². The summed E-state index contributed by atoms with van der Waals surface area (Å²) in [5.74, 6) is 0. The van der Waals surface area contributed by atoms with Gasteiger partial charge in [-0.25, -0.2) is 0 Å². The third-order valence-electron chi connectivity index (χ3n) is 1.70. The monoisotopic (exact) mass is 183 g/mol. The molecule has 1 rings (SSSR count). The van der Waals surface area contributed by atoms with Gasteiger partial charge in [0.25, 0.3) is 5.56 Å². The first-order valence-corrected chi connectivity index (χ1v) is 4.81. The number of hydrogen-bond donors (Lipinski definition) is 0. The van der Waals surface area contributed by atoms with Crippen LogP contribution < -0.4 is 5.56 Å². The van der Waals surface area contributed by atoms with E-state index in [2.05, 4.69) is 0 Å². The van der Waals surface area contributed by atoms with Gasteiger partial charge in [-0.15, -0.1) is 0 Å². The van der Waals surface area contributed by atoms with Crippen molar-refractivity contribution in [3.63, 3.8) is 0 Å². The molecule has 0 amide bonds. The lowest BCUT2D eigenvalue weighted by Gasteiger charge is -1.88. The number of nitrogens with zero attached hydrogens (tertiary/aromatic N) is 1. The normalized spacial score (nSPS) is 11.2. The highest BCUT2D eigenvalue weighted by Gasteiger charge is 2.06. The van der Waals surface area contributed by atoms with Crippen LogP contribution >= 0.6 is 11.5 Å². The fraction of sp³-hybridized carbons (Fsp3) is 0.444. The van der Waals surface area contributed by atoms with Crippen LogP contribution in [0.25, 0.3) is 6.08 Å². The molecular weight excluding hydrogens is 170 g/mol. The Morgan fingerprint density at radius 1 is 1.58 bits per heavy atom. The molecule has 12 heavy (non-hydrogen) atoms. The van der Waals surface area contributed by atoms with Crippen molar-refractivity contribution in [1.82, 2.24) is 3.96 Å². The van der Waals surface area contributed by atoms with Gasteiger partial charge in [-0.3, -0.25) is 8.75 Å². The van der Waals surface area contributed by atoms with Crippen molar-refractivity contribution >= 4 is 17.6 Å². The average molecular weight is 183 g/mol. The Balaban J connectivity index is 3.28. The lowest BCUT2D eigenvalue weighted by molar-refractivity contribution is 0.809. The molecule has 1 heterocycles. The number of rotatable bonds is 2. The first kappa shape index (κ1) is 9.26. The van der Waals surface area contributed by atoms with E-state index >= 15 is 0 Å². The zero-order valence-electron chi connectivity index (χ0n) is 7.63. The van der Waals surface area contributed by atoms with Gasteiger partial charge in [0, 0.05) is 11.4 Å². The van der Waals surface area contributed by atoms with E-state index in [9.17, 15) is 4.79 Å². The lowest BCUT2D eigenvalue weighted by atomic mass is 10.2. The van der Waals surface area contributed by atoms with Gasteiger partial charge in [0.2, 0.25) is 0 Å². The van der Waals surface area contributed by atoms with Gasteiger partial charge in [0.15, 0.2) is 0 Å². The summed E-state index contributed by atoms with van der Waals surface area (Å²) in [6, 6.07) is 0. The highest BCUT2D eigenvalue weighted by atomic mass is 32.1. The van der Waals surface area contributed by atoms with E-state index in [4.69, 9.17) is 0 Å². The Labute approximate surface area is 76.3 Å². The first-order chi connectivity index (χ1) is 5.70. The predicted octanol–water partition coefficient (Wildman–Crippen LogP) is 2.27. The fourth-order valence-corrected chi connectivity index (χ4v) is 2.00. The Morgan fingerprint density at radius 3 is 2.67 bits per heavy atom. The molecule has 0 atom stereocenters. The van der Waals surface area contributed by atoms with Gasteiger partial charge >= 0.3 is 0 Å². The summed E-state index contributed by atoms with van der Waals surface area (Å²) in [6.45, 7) is 6.65. The quantitative estimate of drug-likeness (QED) is 0.689. The number of allylic oxidation sites excluding steroid dienone is 1. The minimum atomic E-state index is 0.137. The van der Waals surface area contributed by atoms with Crippen LogP contribution in [0.15, 0.2) is 10.9 Å². The maximum Gasteiger partial charge on any atom is 0.268 e. The van der Waals surface area contributed by atoms with Crippen LogP contribution in [0.3, 0.4) is 0 Å². The van der Waals surface area contributed by atoms with Crippen LogP contribution in [0.5, 0.6) is 0 Å². The van der Waals surface area contributed by atoms with E-state index in [1.54, 1.807) is 3.96 Å². The maximum atomic E-state index is 11.5. The van der Waals surface area contributed by atoms with Crippen LogP contribution in [0.4, 0.5) is 0 Å². The predicted molar refractivity (Wildman–Crippen MR) is 53.7 cm³/mol. The molecule has 0 N–H and O–H groups in total. The van der Waals surface area contributed by atoms with Gasteiger partial charge in [-0.1, -0.05) is 23.7 Å². The van der Waals surface area contributed by atoms with E-state index in [1.165, 1.54) is 11.5 Å². The second kappa shape index (κ2) is 3.72. The molecule has 0 aromatic carbocycles. The largest absolute Gasteiger partial charge is 0.268 e. The molecule has 1 aromatic rings. The molecule has 0 aliphatic heterocycles. The van der Waals surface area contributed by atoms with Gasteiger partial charge in [0.1, 0.15) is 0 Å². The summed E-state index contributed by atoms with van der Waals surface area (Å²) in [6.07, 6.45) is 3.77. The van der Waals surface area contributed by atoms with Gasteiger partial charge < -0.3 is 0 Å². The lowest BCUT2D eigenvalue weighted by Crippen LogP contribution is -2.13. The van der Waals surface area contributed by atoms with Crippen molar-refractivity contribution in [3.8, 4) is 0 Å². The Morgan fingerprint density at radius 2 is 2.25 bits per heavy atom. The maximum absolute atomic E-state index is 11.5. The van der Waals surface area contributed by atoms with E-state index in [0.717, 1.165) is 17.0 Å². The van der Waals surface area contributed by atoms with E-state index < -0.39 is 0 Å². The second-order valence-electron chi connectivity index (χ2n) is 2.56. The first-order valence-electron chi connectivity index (χ1n) is 4.04. The van der Waals surface area contributed by atoms with Crippen molar-refractivity contribution in [2.45, 2.75) is 27.3 Å². The van der Waals surface area contributed by atoms with Crippen LogP contribution in [-0.4, -0.2) is 3.96 Å². The van der Waals surface area contributed by atoms with Crippen LogP contribution in [0.1, 0.15) is 24.3 Å². The van der Waals surface area contributed by atoms with E-state index in [-0.39, 0.29) is 5.56 Å². The molecular formula is C9H13NOS. The summed E-state index contributed by atoms with van der Waals surface area (Å²) < 4.78 is 1.77. The topological polar surface area (TPSA) is 22.0 Å². The number of aryl methyl sites for hydroxylation is 2. The summed E-state index contributed by atoms with van der Waals surface area (Å²) in [5.41, 5.74) is 0.974. The summed E-state index contributed by atoms with van der Waals surface area (Å²) in [7, 11) is 0. The molecule has 0 saturated carbocycles. The standard InChI is InChI=1S/C9H13NOS/c1-4-6-8-7(3)12-10(5-2)9(8)11/h4,6H,5H2,1-3H3/b6-4-. The summed E-state index contributed by atoms with van der Waals surface area (Å²) >= 11 is 1.53. The second-order valence-corrected chi connectivity index (χ2v) is 3.80. The Bertz CT molecular complexity index is 346. The van der Waals surface area contributed by atoms with Crippen molar-refractivity contribution in [1.29, 1.82) is 0 Å². The van der Waals surface area contributed by atoms with Gasteiger partial charge in [-0.2, -0.15) is 0 Å². The van der Waals surface area contributed by atoms with E-state index in [0.29, 0.717) is 0 Å².